The Morgan fingerprint density at radius 2 is 1.12 bits per heavy atom. The molecular formula is C14H20I2. The molecule has 0 saturated heterocycles. The Bertz CT molecular complexity index is 319. The van der Waals surface area contributed by atoms with Crippen LogP contribution in [0.4, 0.5) is 0 Å². The molecule has 0 aromatic heterocycles. The molecule has 0 nitrogen and oxygen atoms in total. The van der Waals surface area contributed by atoms with Crippen LogP contribution in [-0.2, 0) is 12.8 Å². The van der Waals surface area contributed by atoms with Crippen LogP contribution in [0, 0.1) is 19.0 Å². The van der Waals surface area contributed by atoms with Crippen molar-refractivity contribution in [3.8, 4) is 0 Å². The second kappa shape index (κ2) is 6.57. The summed E-state index contributed by atoms with van der Waals surface area (Å²) < 4.78 is 2.78. The summed E-state index contributed by atoms with van der Waals surface area (Å²) in [5.74, 6) is 1.48. The van der Waals surface area contributed by atoms with Crippen molar-refractivity contribution in [1.29, 1.82) is 0 Å². The zero-order valence-electron chi connectivity index (χ0n) is 10.5. The molecule has 1 rings (SSSR count). The second-order valence-corrected chi connectivity index (χ2v) is 7.56. The summed E-state index contributed by atoms with van der Waals surface area (Å²) in [4.78, 5) is 0. The SMILES string of the molecule is CC(C)Cc1cc(I)c(I)cc1CC(C)C. The Morgan fingerprint density at radius 1 is 0.812 bits per heavy atom. The van der Waals surface area contributed by atoms with Crippen LogP contribution in [0.5, 0.6) is 0 Å². The van der Waals surface area contributed by atoms with Crippen LogP contribution in [0.25, 0.3) is 0 Å². The Morgan fingerprint density at radius 3 is 1.38 bits per heavy atom. The molecule has 1 aromatic rings. The molecule has 0 saturated carbocycles. The van der Waals surface area contributed by atoms with Gasteiger partial charge in [-0.3, -0.25) is 0 Å². The lowest BCUT2D eigenvalue weighted by Crippen LogP contribution is -2.04. The minimum atomic E-state index is 0.738. The van der Waals surface area contributed by atoms with Crippen LogP contribution in [0.15, 0.2) is 12.1 Å². The van der Waals surface area contributed by atoms with Gasteiger partial charge in [-0.1, -0.05) is 27.7 Å². The summed E-state index contributed by atoms with van der Waals surface area (Å²) in [6.07, 6.45) is 2.41. The molecule has 0 N–H and O–H groups in total. The Labute approximate surface area is 127 Å². The van der Waals surface area contributed by atoms with Crippen LogP contribution >= 0.6 is 45.2 Å². The standard InChI is InChI=1S/C14H20I2/c1-9(2)5-11-7-13(15)14(16)8-12(11)6-10(3)4/h7-10H,5-6H2,1-4H3. The predicted molar refractivity (Wildman–Crippen MR) is 89.0 cm³/mol. The van der Waals surface area contributed by atoms with Crippen LogP contribution in [0.2, 0.25) is 0 Å². The predicted octanol–water partition coefficient (Wildman–Crippen LogP) is 5.29. The lowest BCUT2D eigenvalue weighted by Gasteiger charge is -2.15. The highest BCUT2D eigenvalue weighted by atomic mass is 127. The first-order valence-electron chi connectivity index (χ1n) is 5.87. The van der Waals surface area contributed by atoms with Gasteiger partial charge in [0.05, 0.1) is 0 Å². The van der Waals surface area contributed by atoms with Gasteiger partial charge in [-0.2, -0.15) is 0 Å². The van der Waals surface area contributed by atoms with Gasteiger partial charge in [0.1, 0.15) is 0 Å². The van der Waals surface area contributed by atoms with Crippen molar-refractivity contribution in [3.05, 3.63) is 30.4 Å². The van der Waals surface area contributed by atoms with Gasteiger partial charge in [0.15, 0.2) is 0 Å². The van der Waals surface area contributed by atoms with Gasteiger partial charge in [0.2, 0.25) is 0 Å². The van der Waals surface area contributed by atoms with E-state index in [1.807, 2.05) is 0 Å². The normalized spacial score (nSPS) is 11.5. The first kappa shape index (κ1) is 14.7. The largest absolute Gasteiger partial charge is 0.0625 e. The molecule has 16 heavy (non-hydrogen) atoms. The molecule has 0 bridgehead atoms. The highest BCUT2D eigenvalue weighted by Gasteiger charge is 2.10. The molecule has 90 valence electrons. The number of rotatable bonds is 4. The molecule has 0 radical (unpaired) electrons. The Kier molecular flexibility index (Phi) is 6.05. The van der Waals surface area contributed by atoms with E-state index < -0.39 is 0 Å². The number of benzene rings is 1. The van der Waals surface area contributed by atoms with E-state index in [0.29, 0.717) is 0 Å². The van der Waals surface area contributed by atoms with E-state index in [2.05, 4.69) is 85.0 Å². The molecule has 0 heterocycles. The first-order chi connectivity index (χ1) is 7.40. The monoisotopic (exact) mass is 442 g/mol. The summed E-state index contributed by atoms with van der Waals surface area (Å²) in [6.45, 7) is 9.18. The lowest BCUT2D eigenvalue weighted by molar-refractivity contribution is 0.615. The second-order valence-electron chi connectivity index (χ2n) is 5.23. The smallest absolute Gasteiger partial charge is 0.0266 e. The van der Waals surface area contributed by atoms with Gasteiger partial charge in [-0.25, -0.2) is 0 Å². The van der Waals surface area contributed by atoms with E-state index in [4.69, 9.17) is 0 Å². The molecule has 0 aliphatic carbocycles. The molecule has 0 amide bonds. The average Bonchev–Trinajstić information content (AvgIpc) is 2.11. The summed E-state index contributed by atoms with van der Waals surface area (Å²) in [5, 5.41) is 0. The topological polar surface area (TPSA) is 0 Å². The van der Waals surface area contributed by atoms with Gasteiger partial charge in [-0.15, -0.1) is 0 Å². The van der Waals surface area contributed by atoms with Crippen LogP contribution < -0.4 is 0 Å². The highest BCUT2D eigenvalue weighted by Crippen LogP contribution is 2.24. The molecule has 0 aliphatic heterocycles. The Hall–Kier alpha value is 0.680. The third-order valence-corrected chi connectivity index (χ3v) is 5.32. The quantitative estimate of drug-likeness (QED) is 0.556. The maximum Gasteiger partial charge on any atom is 0.0266 e. The van der Waals surface area contributed by atoms with Gasteiger partial charge in [0.25, 0.3) is 0 Å². The lowest BCUT2D eigenvalue weighted by atomic mass is 9.93. The molecular weight excluding hydrogens is 422 g/mol. The van der Waals surface area contributed by atoms with Crippen molar-refractivity contribution < 1.29 is 0 Å². The van der Waals surface area contributed by atoms with Crippen LogP contribution in [0.3, 0.4) is 0 Å². The van der Waals surface area contributed by atoms with Crippen molar-refractivity contribution in [2.45, 2.75) is 40.5 Å². The van der Waals surface area contributed by atoms with Gasteiger partial charge >= 0.3 is 0 Å². The van der Waals surface area contributed by atoms with Crippen molar-refractivity contribution in [3.63, 3.8) is 0 Å². The number of hydrogen-bond acceptors (Lipinski definition) is 0. The summed E-state index contributed by atoms with van der Waals surface area (Å²) in [6, 6.07) is 4.75. The van der Waals surface area contributed by atoms with E-state index in [1.54, 1.807) is 11.1 Å². The molecule has 0 spiro atoms. The average molecular weight is 442 g/mol. The third kappa shape index (κ3) is 4.51. The van der Waals surface area contributed by atoms with Crippen molar-refractivity contribution in [2.75, 3.05) is 0 Å². The molecule has 1 aromatic carbocycles. The van der Waals surface area contributed by atoms with Crippen molar-refractivity contribution >= 4 is 45.2 Å². The minimum Gasteiger partial charge on any atom is -0.0625 e. The van der Waals surface area contributed by atoms with E-state index in [9.17, 15) is 0 Å². The van der Waals surface area contributed by atoms with Crippen molar-refractivity contribution in [2.24, 2.45) is 11.8 Å². The number of hydrogen-bond donors (Lipinski definition) is 0. The zero-order chi connectivity index (χ0) is 12.3. The van der Waals surface area contributed by atoms with E-state index >= 15 is 0 Å². The third-order valence-electron chi connectivity index (χ3n) is 2.50. The van der Waals surface area contributed by atoms with Crippen LogP contribution in [-0.4, -0.2) is 0 Å². The number of halogens is 2. The zero-order valence-corrected chi connectivity index (χ0v) is 14.8. The van der Waals surface area contributed by atoms with Crippen LogP contribution in [0.1, 0.15) is 38.8 Å². The molecule has 0 fully saturated rings. The maximum absolute atomic E-state index is 2.44. The first-order valence-corrected chi connectivity index (χ1v) is 8.02. The highest BCUT2D eigenvalue weighted by molar-refractivity contribution is 14.1. The summed E-state index contributed by atoms with van der Waals surface area (Å²) in [5.41, 5.74) is 3.10. The fourth-order valence-electron chi connectivity index (χ4n) is 1.89. The van der Waals surface area contributed by atoms with E-state index in [-0.39, 0.29) is 0 Å². The minimum absolute atomic E-state index is 0.738. The fourth-order valence-corrected chi connectivity index (χ4v) is 2.95. The van der Waals surface area contributed by atoms with Crippen molar-refractivity contribution in [1.82, 2.24) is 0 Å². The molecule has 0 unspecified atom stereocenters. The van der Waals surface area contributed by atoms with Gasteiger partial charge in [0, 0.05) is 7.14 Å². The summed E-state index contributed by atoms with van der Waals surface area (Å²) in [7, 11) is 0. The molecule has 0 aliphatic rings. The summed E-state index contributed by atoms with van der Waals surface area (Å²) >= 11 is 4.88. The molecule has 2 heteroatoms. The maximum atomic E-state index is 2.44. The Balaban J connectivity index is 3.06. The van der Waals surface area contributed by atoms with E-state index in [0.717, 1.165) is 11.8 Å². The van der Waals surface area contributed by atoms with E-state index in [1.165, 1.54) is 20.0 Å². The van der Waals surface area contributed by atoms with Gasteiger partial charge < -0.3 is 0 Å². The van der Waals surface area contributed by atoms with Gasteiger partial charge in [-0.05, 0) is 93.1 Å². The molecule has 0 atom stereocenters. The fraction of sp³-hybridized carbons (Fsp3) is 0.571.